The summed E-state index contributed by atoms with van der Waals surface area (Å²) < 4.78 is 27.8. The molecule has 2 rings (SSSR count). The van der Waals surface area contributed by atoms with Gasteiger partial charge in [-0.05, 0) is 66.5 Å². The van der Waals surface area contributed by atoms with Crippen molar-refractivity contribution in [3.63, 3.8) is 0 Å². The van der Waals surface area contributed by atoms with Crippen LogP contribution >= 0.6 is 15.9 Å². The van der Waals surface area contributed by atoms with E-state index in [0.717, 1.165) is 25.9 Å². The number of hydrogen-bond acceptors (Lipinski definition) is 4. The molecule has 0 aromatic heterocycles. The molecule has 0 saturated carbocycles. The maximum absolute atomic E-state index is 12.2. The minimum atomic E-state index is -3.47. The van der Waals surface area contributed by atoms with Gasteiger partial charge in [0.25, 0.3) is 0 Å². The quantitative estimate of drug-likeness (QED) is 0.799. The van der Waals surface area contributed by atoms with E-state index in [1.807, 2.05) is 0 Å². The molecule has 112 valence electrons. The first-order valence-corrected chi connectivity index (χ1v) is 8.89. The summed E-state index contributed by atoms with van der Waals surface area (Å²) in [7, 11) is -1.40. The zero-order chi connectivity index (χ0) is 14.8. The number of nitrogens with one attached hydrogen (secondary N) is 1. The molecule has 0 amide bonds. The third-order valence-electron chi connectivity index (χ3n) is 3.57. The second-order valence-corrected chi connectivity index (χ2v) is 7.93. The van der Waals surface area contributed by atoms with Gasteiger partial charge in [0.2, 0.25) is 10.0 Å². The van der Waals surface area contributed by atoms with Crippen molar-refractivity contribution in [1.82, 2.24) is 9.62 Å². The molecule has 0 radical (unpaired) electrons. The first-order valence-electron chi connectivity index (χ1n) is 6.62. The summed E-state index contributed by atoms with van der Waals surface area (Å²) in [4.78, 5) is 2.48. The number of likely N-dealkylation sites (tertiary alicyclic amines) is 1. The zero-order valence-corrected chi connectivity index (χ0v) is 13.9. The maximum Gasteiger partial charge on any atom is 0.240 e. The lowest BCUT2D eigenvalue weighted by Crippen LogP contribution is -2.39. The van der Waals surface area contributed by atoms with Gasteiger partial charge in [0.1, 0.15) is 0 Å². The fourth-order valence-corrected chi connectivity index (χ4v) is 4.10. The fraction of sp³-hybridized carbons (Fsp3) is 0.538. The van der Waals surface area contributed by atoms with Crippen molar-refractivity contribution in [2.45, 2.75) is 17.7 Å². The highest BCUT2D eigenvalue weighted by Gasteiger charge is 2.21. The molecule has 0 bridgehead atoms. The summed E-state index contributed by atoms with van der Waals surface area (Å²) >= 11 is 3.25. The molecule has 1 aliphatic rings. The topological polar surface area (TPSA) is 75.4 Å². The van der Waals surface area contributed by atoms with Crippen LogP contribution in [0.5, 0.6) is 0 Å². The molecule has 20 heavy (non-hydrogen) atoms. The first kappa shape index (κ1) is 15.8. The Labute approximate surface area is 128 Å². The Morgan fingerprint density at radius 3 is 2.90 bits per heavy atom. The van der Waals surface area contributed by atoms with E-state index in [2.05, 4.69) is 32.6 Å². The Morgan fingerprint density at radius 2 is 2.25 bits per heavy atom. The fourth-order valence-electron chi connectivity index (χ4n) is 2.43. The number of halogens is 1. The number of anilines is 1. The summed E-state index contributed by atoms with van der Waals surface area (Å²) in [5.41, 5.74) is 6.20. The molecule has 1 heterocycles. The standard InChI is InChI=1S/C13H20BrN3O2S/c1-17-6-2-3-10(9-17)8-16-20(18,19)11-4-5-13(15)12(14)7-11/h4-5,7,10,16H,2-3,6,8-9,15H2,1H3. The zero-order valence-electron chi connectivity index (χ0n) is 11.5. The van der Waals surface area contributed by atoms with Crippen molar-refractivity contribution in [3.8, 4) is 0 Å². The molecule has 1 aromatic carbocycles. The minimum absolute atomic E-state index is 0.239. The van der Waals surface area contributed by atoms with Gasteiger partial charge in [0.05, 0.1) is 4.90 Å². The predicted molar refractivity (Wildman–Crippen MR) is 84.0 cm³/mol. The Bertz CT molecular complexity index is 577. The van der Waals surface area contributed by atoms with Crippen molar-refractivity contribution in [3.05, 3.63) is 22.7 Å². The van der Waals surface area contributed by atoms with Crippen LogP contribution in [0.1, 0.15) is 12.8 Å². The molecular weight excluding hydrogens is 342 g/mol. The number of rotatable bonds is 4. The average Bonchev–Trinajstić information content (AvgIpc) is 2.40. The number of nitrogen functional groups attached to an aromatic ring is 1. The van der Waals surface area contributed by atoms with Gasteiger partial charge in [0, 0.05) is 23.2 Å². The molecule has 1 fully saturated rings. The lowest BCUT2D eigenvalue weighted by molar-refractivity contribution is 0.211. The molecule has 0 spiro atoms. The highest BCUT2D eigenvalue weighted by Crippen LogP contribution is 2.23. The van der Waals surface area contributed by atoms with Crippen LogP contribution in [0, 0.1) is 5.92 Å². The van der Waals surface area contributed by atoms with Gasteiger partial charge in [-0.25, -0.2) is 13.1 Å². The highest BCUT2D eigenvalue weighted by atomic mass is 79.9. The van der Waals surface area contributed by atoms with E-state index in [-0.39, 0.29) is 4.90 Å². The smallest absolute Gasteiger partial charge is 0.240 e. The van der Waals surface area contributed by atoms with E-state index < -0.39 is 10.0 Å². The Kier molecular flexibility index (Phi) is 5.06. The molecule has 0 aliphatic carbocycles. The molecule has 7 heteroatoms. The van der Waals surface area contributed by atoms with Gasteiger partial charge >= 0.3 is 0 Å². The first-order chi connectivity index (χ1) is 9.38. The van der Waals surface area contributed by atoms with Crippen LogP contribution in [0.25, 0.3) is 0 Å². The van der Waals surface area contributed by atoms with E-state index in [1.165, 1.54) is 12.1 Å². The third kappa shape index (κ3) is 3.94. The van der Waals surface area contributed by atoms with Crippen LogP contribution in [-0.4, -0.2) is 40.0 Å². The van der Waals surface area contributed by atoms with E-state index in [4.69, 9.17) is 5.73 Å². The molecule has 1 aromatic rings. The van der Waals surface area contributed by atoms with E-state index in [1.54, 1.807) is 6.07 Å². The van der Waals surface area contributed by atoms with Crippen LogP contribution in [0.2, 0.25) is 0 Å². The van der Waals surface area contributed by atoms with Crippen LogP contribution in [0.4, 0.5) is 5.69 Å². The average molecular weight is 362 g/mol. The van der Waals surface area contributed by atoms with Gasteiger partial charge in [-0.15, -0.1) is 0 Å². The van der Waals surface area contributed by atoms with E-state index in [9.17, 15) is 8.42 Å². The number of nitrogens with zero attached hydrogens (tertiary/aromatic N) is 1. The van der Waals surface area contributed by atoms with Gasteiger partial charge in [-0.3, -0.25) is 0 Å². The van der Waals surface area contributed by atoms with Gasteiger partial charge < -0.3 is 10.6 Å². The summed E-state index contributed by atoms with van der Waals surface area (Å²) in [6.07, 6.45) is 2.19. The van der Waals surface area contributed by atoms with Crippen molar-refractivity contribution in [1.29, 1.82) is 0 Å². The van der Waals surface area contributed by atoms with Crippen LogP contribution in [-0.2, 0) is 10.0 Å². The number of piperidine rings is 1. The molecular formula is C13H20BrN3O2S. The Hall–Kier alpha value is -0.630. The van der Waals surface area contributed by atoms with E-state index >= 15 is 0 Å². The lowest BCUT2D eigenvalue weighted by atomic mass is 9.99. The monoisotopic (exact) mass is 361 g/mol. The largest absolute Gasteiger partial charge is 0.398 e. The van der Waals surface area contributed by atoms with Gasteiger partial charge in [-0.2, -0.15) is 0 Å². The summed E-state index contributed by atoms with van der Waals surface area (Å²) in [6, 6.07) is 4.65. The normalized spacial score (nSPS) is 21.0. The van der Waals surface area contributed by atoms with Crippen molar-refractivity contribution >= 4 is 31.6 Å². The number of hydrogen-bond donors (Lipinski definition) is 2. The molecule has 1 aliphatic heterocycles. The summed E-state index contributed by atoms with van der Waals surface area (Å²) in [5, 5.41) is 0. The second kappa shape index (κ2) is 6.43. The van der Waals surface area contributed by atoms with Gasteiger partial charge in [0.15, 0.2) is 0 Å². The SMILES string of the molecule is CN1CCCC(CNS(=O)(=O)c2ccc(N)c(Br)c2)C1. The molecule has 1 atom stereocenters. The Balaban J connectivity index is 2.01. The molecule has 5 nitrogen and oxygen atoms in total. The minimum Gasteiger partial charge on any atom is -0.398 e. The predicted octanol–water partition coefficient (Wildman–Crippen LogP) is 1.65. The lowest BCUT2D eigenvalue weighted by Gasteiger charge is -2.29. The van der Waals surface area contributed by atoms with Crippen molar-refractivity contribution in [2.75, 3.05) is 32.4 Å². The van der Waals surface area contributed by atoms with Gasteiger partial charge in [-0.1, -0.05) is 0 Å². The molecule has 3 N–H and O–H groups in total. The molecule has 1 saturated heterocycles. The van der Waals surface area contributed by atoms with Crippen LogP contribution < -0.4 is 10.5 Å². The summed E-state index contributed by atoms with van der Waals surface area (Å²) in [5.74, 6) is 0.376. The second-order valence-electron chi connectivity index (χ2n) is 5.31. The van der Waals surface area contributed by atoms with Crippen molar-refractivity contribution in [2.24, 2.45) is 5.92 Å². The number of sulfonamides is 1. The maximum atomic E-state index is 12.2. The van der Waals surface area contributed by atoms with E-state index in [0.29, 0.717) is 22.6 Å². The summed E-state index contributed by atoms with van der Waals surface area (Å²) in [6.45, 7) is 2.51. The highest BCUT2D eigenvalue weighted by molar-refractivity contribution is 9.10. The van der Waals surface area contributed by atoms with Crippen LogP contribution in [0.15, 0.2) is 27.6 Å². The Morgan fingerprint density at radius 1 is 1.50 bits per heavy atom. The number of benzene rings is 1. The number of nitrogens with two attached hydrogens (primary N) is 1. The van der Waals surface area contributed by atoms with Crippen molar-refractivity contribution < 1.29 is 8.42 Å². The molecule has 1 unspecified atom stereocenters. The van der Waals surface area contributed by atoms with Crippen LogP contribution in [0.3, 0.4) is 0 Å². The third-order valence-corrected chi connectivity index (χ3v) is 5.67.